The molecular weight excluding hydrogens is 390 g/mol. The summed E-state index contributed by atoms with van der Waals surface area (Å²) in [6.07, 6.45) is 3.30. The van der Waals surface area contributed by atoms with E-state index < -0.39 is 6.04 Å². The van der Waals surface area contributed by atoms with E-state index in [-0.39, 0.29) is 18.5 Å². The van der Waals surface area contributed by atoms with Gasteiger partial charge < -0.3 is 25.0 Å². The van der Waals surface area contributed by atoms with Gasteiger partial charge in [0.1, 0.15) is 5.75 Å². The highest BCUT2D eigenvalue weighted by molar-refractivity contribution is 7.80. The second-order valence-electron chi connectivity index (χ2n) is 7.09. The van der Waals surface area contributed by atoms with Crippen molar-refractivity contribution in [1.29, 1.82) is 0 Å². The van der Waals surface area contributed by atoms with Gasteiger partial charge in [-0.1, -0.05) is 12.1 Å². The maximum atomic E-state index is 12.4. The average Bonchev–Trinajstić information content (AvgIpc) is 2.72. The van der Waals surface area contributed by atoms with Crippen LogP contribution in [0.3, 0.4) is 0 Å². The van der Waals surface area contributed by atoms with E-state index in [9.17, 15) is 9.59 Å². The molecule has 0 unspecified atom stereocenters. The summed E-state index contributed by atoms with van der Waals surface area (Å²) in [7, 11) is 0. The summed E-state index contributed by atoms with van der Waals surface area (Å²) in [5, 5.41) is 6.55. The van der Waals surface area contributed by atoms with Crippen LogP contribution >= 0.6 is 12.2 Å². The first-order chi connectivity index (χ1) is 14.0. The summed E-state index contributed by atoms with van der Waals surface area (Å²) >= 11 is 5.25. The predicted molar refractivity (Wildman–Crippen MR) is 113 cm³/mol. The van der Waals surface area contributed by atoms with Crippen LogP contribution < -0.4 is 15.4 Å². The highest BCUT2D eigenvalue weighted by Crippen LogP contribution is 2.29. The molecule has 156 valence electrons. The Balaban J connectivity index is 1.67. The first-order valence-electron chi connectivity index (χ1n) is 9.95. The van der Waals surface area contributed by atoms with Crippen molar-refractivity contribution in [3.05, 3.63) is 41.1 Å². The third-order valence-corrected chi connectivity index (χ3v) is 5.27. The number of carbonyl (C=O) groups excluding carboxylic acids is 2. The Bertz CT molecular complexity index is 801. The first-order valence-corrected chi connectivity index (χ1v) is 10.4. The number of amides is 1. The van der Waals surface area contributed by atoms with E-state index in [0.717, 1.165) is 31.5 Å². The lowest BCUT2D eigenvalue weighted by molar-refractivity contribution is -0.139. The number of hydrogen-bond acceptors (Lipinski definition) is 5. The Hall–Kier alpha value is -2.61. The number of ether oxygens (including phenoxy) is 2. The van der Waals surface area contributed by atoms with Gasteiger partial charge in [-0.15, -0.1) is 0 Å². The SMILES string of the molecule is CCOC(=O)C1=C(C)NC(=S)N[C@H]1c1ccc(OCC(=O)N2CCCCC2)cc1. The van der Waals surface area contributed by atoms with E-state index in [0.29, 0.717) is 28.7 Å². The maximum Gasteiger partial charge on any atom is 0.338 e. The van der Waals surface area contributed by atoms with Gasteiger partial charge in [0.05, 0.1) is 18.2 Å². The largest absolute Gasteiger partial charge is 0.484 e. The van der Waals surface area contributed by atoms with Gasteiger partial charge in [0.15, 0.2) is 11.7 Å². The predicted octanol–water partition coefficient (Wildman–Crippen LogP) is 2.43. The van der Waals surface area contributed by atoms with Crippen LogP contribution in [0.4, 0.5) is 0 Å². The topological polar surface area (TPSA) is 79.9 Å². The Labute approximate surface area is 176 Å². The number of nitrogens with one attached hydrogen (secondary N) is 2. The molecule has 2 aliphatic rings. The van der Waals surface area contributed by atoms with Crippen LogP contribution in [0, 0.1) is 0 Å². The van der Waals surface area contributed by atoms with Crippen LogP contribution in [0.2, 0.25) is 0 Å². The van der Waals surface area contributed by atoms with Gasteiger partial charge in [-0.05, 0) is 63.0 Å². The third-order valence-electron chi connectivity index (χ3n) is 5.05. The standard InChI is InChI=1S/C21H27N3O4S/c1-3-27-20(26)18-14(2)22-21(29)23-19(18)15-7-9-16(10-8-15)28-13-17(25)24-11-5-4-6-12-24/h7-10,19H,3-6,11-13H2,1-2H3,(H2,22,23,29)/t19-/m0/s1. The fourth-order valence-corrected chi connectivity index (χ4v) is 3.83. The number of thiocarbonyl (C=S) groups is 1. The molecule has 1 atom stereocenters. The Morgan fingerprint density at radius 2 is 1.86 bits per heavy atom. The molecule has 1 saturated heterocycles. The Morgan fingerprint density at radius 3 is 2.52 bits per heavy atom. The summed E-state index contributed by atoms with van der Waals surface area (Å²) < 4.78 is 10.9. The molecule has 8 heteroatoms. The molecule has 0 bridgehead atoms. The molecule has 0 radical (unpaired) electrons. The van der Waals surface area contributed by atoms with Crippen molar-refractivity contribution in [1.82, 2.24) is 15.5 Å². The fourth-order valence-electron chi connectivity index (χ4n) is 3.56. The summed E-state index contributed by atoms with van der Waals surface area (Å²) in [6, 6.07) is 6.90. The summed E-state index contributed by atoms with van der Waals surface area (Å²) in [6.45, 7) is 5.52. The second-order valence-corrected chi connectivity index (χ2v) is 7.50. The van der Waals surface area contributed by atoms with Gasteiger partial charge in [0.25, 0.3) is 5.91 Å². The highest BCUT2D eigenvalue weighted by atomic mass is 32.1. The summed E-state index contributed by atoms with van der Waals surface area (Å²) in [5.41, 5.74) is 2.02. The average molecular weight is 418 g/mol. The Kier molecular flexibility index (Phi) is 7.09. The normalized spacial score (nSPS) is 19.3. The minimum Gasteiger partial charge on any atom is -0.484 e. The van der Waals surface area contributed by atoms with Gasteiger partial charge in [0.2, 0.25) is 0 Å². The second kappa shape index (κ2) is 9.73. The van der Waals surface area contributed by atoms with Crippen LogP contribution in [0.25, 0.3) is 0 Å². The molecule has 1 aromatic rings. The zero-order valence-corrected chi connectivity index (χ0v) is 17.6. The van der Waals surface area contributed by atoms with Crippen LogP contribution in [0.5, 0.6) is 5.75 Å². The van der Waals surface area contributed by atoms with Crippen molar-refractivity contribution in [3.63, 3.8) is 0 Å². The summed E-state index contributed by atoms with van der Waals surface area (Å²) in [5.74, 6) is 0.237. The molecule has 1 fully saturated rings. The van der Waals surface area contributed by atoms with Crippen molar-refractivity contribution >= 4 is 29.2 Å². The lowest BCUT2D eigenvalue weighted by Crippen LogP contribution is -2.45. The highest BCUT2D eigenvalue weighted by Gasteiger charge is 2.30. The van der Waals surface area contributed by atoms with Crippen LogP contribution in [-0.4, -0.2) is 48.2 Å². The van der Waals surface area contributed by atoms with Crippen LogP contribution in [-0.2, 0) is 14.3 Å². The molecule has 7 nitrogen and oxygen atoms in total. The molecule has 0 saturated carbocycles. The van der Waals surface area contributed by atoms with Crippen molar-refractivity contribution < 1.29 is 19.1 Å². The molecule has 29 heavy (non-hydrogen) atoms. The quantitative estimate of drug-likeness (QED) is 0.544. The molecule has 3 rings (SSSR count). The molecular formula is C21H27N3O4S. The number of rotatable bonds is 6. The molecule has 1 amide bonds. The molecule has 2 N–H and O–H groups in total. The van der Waals surface area contributed by atoms with Gasteiger partial charge in [-0.25, -0.2) is 4.79 Å². The number of esters is 1. The molecule has 2 heterocycles. The van der Waals surface area contributed by atoms with E-state index in [4.69, 9.17) is 21.7 Å². The number of hydrogen-bond donors (Lipinski definition) is 2. The number of carbonyl (C=O) groups is 2. The van der Waals surface area contributed by atoms with E-state index in [1.54, 1.807) is 26.0 Å². The number of likely N-dealkylation sites (tertiary alicyclic amines) is 1. The number of nitrogens with zero attached hydrogens (tertiary/aromatic N) is 1. The van der Waals surface area contributed by atoms with Gasteiger partial charge >= 0.3 is 5.97 Å². The molecule has 1 aromatic carbocycles. The monoisotopic (exact) mass is 417 g/mol. The van der Waals surface area contributed by atoms with Crippen molar-refractivity contribution in [3.8, 4) is 5.75 Å². The zero-order valence-electron chi connectivity index (χ0n) is 16.8. The van der Waals surface area contributed by atoms with Crippen molar-refractivity contribution in [2.24, 2.45) is 0 Å². The van der Waals surface area contributed by atoms with E-state index in [1.807, 2.05) is 17.0 Å². The third kappa shape index (κ3) is 5.26. The maximum absolute atomic E-state index is 12.4. The van der Waals surface area contributed by atoms with Crippen molar-refractivity contribution in [2.75, 3.05) is 26.3 Å². The van der Waals surface area contributed by atoms with Gasteiger partial charge in [-0.2, -0.15) is 0 Å². The van der Waals surface area contributed by atoms with E-state index >= 15 is 0 Å². The minimum absolute atomic E-state index is 0.0160. The molecule has 0 aromatic heterocycles. The van der Waals surface area contributed by atoms with Crippen LogP contribution in [0.15, 0.2) is 35.5 Å². The lowest BCUT2D eigenvalue weighted by atomic mass is 9.95. The first kappa shape index (κ1) is 21.1. The van der Waals surface area contributed by atoms with Crippen LogP contribution in [0.1, 0.15) is 44.7 Å². The fraction of sp³-hybridized carbons (Fsp3) is 0.476. The van der Waals surface area contributed by atoms with Gasteiger partial charge in [0, 0.05) is 18.8 Å². The van der Waals surface area contributed by atoms with Gasteiger partial charge in [-0.3, -0.25) is 4.79 Å². The number of piperidine rings is 1. The van der Waals surface area contributed by atoms with Crippen molar-refractivity contribution in [2.45, 2.75) is 39.2 Å². The molecule has 0 spiro atoms. The number of allylic oxidation sites excluding steroid dienone is 1. The molecule has 2 aliphatic heterocycles. The zero-order chi connectivity index (χ0) is 20.8. The number of benzene rings is 1. The summed E-state index contributed by atoms with van der Waals surface area (Å²) in [4.78, 5) is 26.5. The van der Waals surface area contributed by atoms with E-state index in [1.165, 1.54) is 6.42 Å². The minimum atomic E-state index is -0.410. The smallest absolute Gasteiger partial charge is 0.338 e. The lowest BCUT2D eigenvalue weighted by Gasteiger charge is -2.30. The van der Waals surface area contributed by atoms with E-state index in [2.05, 4.69) is 10.6 Å². The molecule has 0 aliphatic carbocycles. The Morgan fingerprint density at radius 1 is 1.17 bits per heavy atom.